The van der Waals surface area contributed by atoms with Crippen LogP contribution in [0.5, 0.6) is 0 Å². The summed E-state index contributed by atoms with van der Waals surface area (Å²) in [6.45, 7) is 4.17. The van der Waals surface area contributed by atoms with Gasteiger partial charge in [-0.05, 0) is 12.0 Å². The van der Waals surface area contributed by atoms with E-state index < -0.39 is 0 Å². The molecule has 4 heteroatoms. The summed E-state index contributed by atoms with van der Waals surface area (Å²) in [4.78, 5) is 16.8. The van der Waals surface area contributed by atoms with Crippen LogP contribution in [-0.4, -0.2) is 19.9 Å². The lowest BCUT2D eigenvalue weighted by Gasteiger charge is -2.03. The van der Waals surface area contributed by atoms with Crippen molar-refractivity contribution in [2.75, 3.05) is 0 Å². The SMILES string of the molecule is CC(C)c1cnc(-c2ncccn2)cn1. The van der Waals surface area contributed by atoms with Crippen LogP contribution >= 0.6 is 0 Å². The van der Waals surface area contributed by atoms with Gasteiger partial charge in [-0.2, -0.15) is 0 Å². The van der Waals surface area contributed by atoms with E-state index in [-0.39, 0.29) is 0 Å². The van der Waals surface area contributed by atoms with Gasteiger partial charge in [0.2, 0.25) is 0 Å². The van der Waals surface area contributed by atoms with E-state index in [1.54, 1.807) is 30.9 Å². The van der Waals surface area contributed by atoms with E-state index >= 15 is 0 Å². The molecule has 0 radical (unpaired) electrons. The molecule has 0 saturated carbocycles. The Bertz CT molecular complexity index is 422. The van der Waals surface area contributed by atoms with Crippen LogP contribution in [0.1, 0.15) is 25.5 Å². The first-order valence-corrected chi connectivity index (χ1v) is 4.86. The van der Waals surface area contributed by atoms with Crippen molar-refractivity contribution in [1.82, 2.24) is 19.9 Å². The molecule has 2 heterocycles. The minimum absolute atomic E-state index is 0.392. The van der Waals surface area contributed by atoms with Crippen LogP contribution in [0.3, 0.4) is 0 Å². The summed E-state index contributed by atoms with van der Waals surface area (Å²) < 4.78 is 0. The molecule has 0 aliphatic heterocycles. The summed E-state index contributed by atoms with van der Waals surface area (Å²) in [5.41, 5.74) is 1.69. The van der Waals surface area contributed by atoms with Crippen LogP contribution in [-0.2, 0) is 0 Å². The monoisotopic (exact) mass is 200 g/mol. The zero-order valence-electron chi connectivity index (χ0n) is 8.75. The minimum atomic E-state index is 0.392. The van der Waals surface area contributed by atoms with Crippen molar-refractivity contribution in [3.8, 4) is 11.5 Å². The molecular weight excluding hydrogens is 188 g/mol. The van der Waals surface area contributed by atoms with E-state index in [1.807, 2.05) is 0 Å². The Morgan fingerprint density at radius 3 is 2.20 bits per heavy atom. The molecule has 0 amide bonds. The average molecular weight is 200 g/mol. The Balaban J connectivity index is 2.32. The molecule has 0 fully saturated rings. The Kier molecular flexibility index (Phi) is 2.67. The standard InChI is InChI=1S/C11H12N4/c1-8(2)9-6-15-10(7-14-9)11-12-4-3-5-13-11/h3-8H,1-2H3. The Labute approximate surface area is 88.5 Å². The van der Waals surface area contributed by atoms with Gasteiger partial charge in [-0.15, -0.1) is 0 Å². The molecule has 2 rings (SSSR count). The van der Waals surface area contributed by atoms with Crippen molar-refractivity contribution >= 4 is 0 Å². The maximum atomic E-state index is 4.31. The molecule has 2 aromatic heterocycles. The summed E-state index contributed by atoms with van der Waals surface area (Å²) in [5, 5.41) is 0. The van der Waals surface area contributed by atoms with Gasteiger partial charge >= 0.3 is 0 Å². The molecule has 0 bridgehead atoms. The van der Waals surface area contributed by atoms with E-state index in [0.717, 1.165) is 5.69 Å². The zero-order chi connectivity index (χ0) is 10.7. The smallest absolute Gasteiger partial charge is 0.179 e. The van der Waals surface area contributed by atoms with Gasteiger partial charge in [0.05, 0.1) is 11.9 Å². The topological polar surface area (TPSA) is 51.6 Å². The van der Waals surface area contributed by atoms with E-state index in [4.69, 9.17) is 0 Å². The van der Waals surface area contributed by atoms with Crippen molar-refractivity contribution in [2.45, 2.75) is 19.8 Å². The van der Waals surface area contributed by atoms with E-state index in [1.165, 1.54) is 0 Å². The van der Waals surface area contributed by atoms with E-state index in [2.05, 4.69) is 33.8 Å². The number of rotatable bonds is 2. The third-order valence-electron chi connectivity index (χ3n) is 2.06. The fourth-order valence-electron chi connectivity index (χ4n) is 1.18. The third-order valence-corrected chi connectivity index (χ3v) is 2.06. The molecular formula is C11H12N4. The summed E-state index contributed by atoms with van der Waals surface area (Å²) >= 11 is 0. The van der Waals surface area contributed by atoms with E-state index in [0.29, 0.717) is 17.4 Å². The maximum absolute atomic E-state index is 4.31. The lowest BCUT2D eigenvalue weighted by Crippen LogP contribution is -1.96. The molecule has 0 spiro atoms. The first-order chi connectivity index (χ1) is 7.27. The molecule has 0 saturated heterocycles. The van der Waals surface area contributed by atoms with Crippen molar-refractivity contribution < 1.29 is 0 Å². The fourth-order valence-corrected chi connectivity index (χ4v) is 1.18. The zero-order valence-corrected chi connectivity index (χ0v) is 8.75. The minimum Gasteiger partial charge on any atom is -0.257 e. The predicted molar refractivity (Wildman–Crippen MR) is 57.1 cm³/mol. The van der Waals surface area contributed by atoms with Gasteiger partial charge in [0.1, 0.15) is 5.69 Å². The largest absolute Gasteiger partial charge is 0.257 e. The summed E-state index contributed by atoms with van der Waals surface area (Å²) in [6.07, 6.45) is 6.88. The molecule has 0 aliphatic carbocycles. The van der Waals surface area contributed by atoms with Gasteiger partial charge < -0.3 is 0 Å². The Hall–Kier alpha value is -1.84. The molecule has 76 valence electrons. The number of nitrogens with zero attached hydrogens (tertiary/aromatic N) is 4. The summed E-state index contributed by atoms with van der Waals surface area (Å²) in [7, 11) is 0. The average Bonchev–Trinajstić information content (AvgIpc) is 2.30. The van der Waals surface area contributed by atoms with Crippen molar-refractivity contribution in [3.63, 3.8) is 0 Å². The second-order valence-electron chi connectivity index (χ2n) is 3.55. The molecule has 15 heavy (non-hydrogen) atoms. The van der Waals surface area contributed by atoms with Crippen LogP contribution in [0.2, 0.25) is 0 Å². The predicted octanol–water partition coefficient (Wildman–Crippen LogP) is 2.06. The van der Waals surface area contributed by atoms with Gasteiger partial charge in [0.15, 0.2) is 5.82 Å². The molecule has 2 aromatic rings. The van der Waals surface area contributed by atoms with E-state index in [9.17, 15) is 0 Å². The van der Waals surface area contributed by atoms with Crippen LogP contribution in [0.25, 0.3) is 11.5 Å². The summed E-state index contributed by atoms with van der Waals surface area (Å²) in [6, 6.07) is 1.78. The Morgan fingerprint density at radius 1 is 0.933 bits per heavy atom. The second-order valence-corrected chi connectivity index (χ2v) is 3.55. The van der Waals surface area contributed by atoms with Gasteiger partial charge in [0.25, 0.3) is 0 Å². The summed E-state index contributed by atoms with van der Waals surface area (Å²) in [5.74, 6) is 1.00. The highest BCUT2D eigenvalue weighted by atomic mass is 14.9. The lowest BCUT2D eigenvalue weighted by molar-refractivity contribution is 0.812. The Morgan fingerprint density at radius 2 is 1.67 bits per heavy atom. The van der Waals surface area contributed by atoms with Crippen molar-refractivity contribution in [3.05, 3.63) is 36.5 Å². The molecule has 0 unspecified atom stereocenters. The van der Waals surface area contributed by atoms with Crippen molar-refractivity contribution in [2.24, 2.45) is 0 Å². The van der Waals surface area contributed by atoms with Gasteiger partial charge in [-0.1, -0.05) is 13.8 Å². The van der Waals surface area contributed by atoms with Crippen molar-refractivity contribution in [1.29, 1.82) is 0 Å². The van der Waals surface area contributed by atoms with Gasteiger partial charge in [-0.3, -0.25) is 4.98 Å². The fraction of sp³-hybridized carbons (Fsp3) is 0.273. The molecule has 0 aliphatic rings. The lowest BCUT2D eigenvalue weighted by atomic mass is 10.1. The first-order valence-electron chi connectivity index (χ1n) is 4.86. The van der Waals surface area contributed by atoms with Gasteiger partial charge in [-0.25, -0.2) is 15.0 Å². The van der Waals surface area contributed by atoms with Crippen LogP contribution < -0.4 is 0 Å². The molecule has 4 nitrogen and oxygen atoms in total. The number of hydrogen-bond acceptors (Lipinski definition) is 4. The van der Waals surface area contributed by atoms with Crippen LogP contribution in [0.4, 0.5) is 0 Å². The van der Waals surface area contributed by atoms with Crippen LogP contribution in [0.15, 0.2) is 30.9 Å². The highest BCUT2D eigenvalue weighted by Gasteiger charge is 2.04. The highest BCUT2D eigenvalue weighted by molar-refractivity contribution is 5.46. The second kappa shape index (κ2) is 4.13. The molecule has 0 N–H and O–H groups in total. The van der Waals surface area contributed by atoms with Gasteiger partial charge in [0, 0.05) is 18.6 Å². The normalized spacial score (nSPS) is 10.6. The molecule has 0 aromatic carbocycles. The van der Waals surface area contributed by atoms with Crippen LogP contribution in [0, 0.1) is 0 Å². The quantitative estimate of drug-likeness (QED) is 0.744. The molecule has 0 atom stereocenters. The first kappa shape index (κ1) is 9.71. The highest BCUT2D eigenvalue weighted by Crippen LogP contribution is 2.13. The maximum Gasteiger partial charge on any atom is 0.179 e. The third kappa shape index (κ3) is 2.15. The number of hydrogen-bond donors (Lipinski definition) is 0. The number of aromatic nitrogens is 4.